The van der Waals surface area contributed by atoms with E-state index in [1.165, 1.54) is 31.4 Å². The van der Waals surface area contributed by atoms with Gasteiger partial charge in [-0.1, -0.05) is 13.3 Å². The molecule has 2 rings (SSSR count). The fourth-order valence-corrected chi connectivity index (χ4v) is 3.39. The van der Waals surface area contributed by atoms with Crippen LogP contribution < -0.4 is 5.32 Å². The fourth-order valence-electron chi connectivity index (χ4n) is 2.81. The monoisotopic (exact) mass is 431 g/mol. The van der Waals surface area contributed by atoms with Crippen LogP contribution in [0.5, 0.6) is 0 Å². The Labute approximate surface area is 149 Å². The molecule has 126 valence electrons. The highest BCUT2D eigenvalue weighted by atomic mass is 127. The molecule has 1 aromatic carbocycles. The van der Waals surface area contributed by atoms with Crippen molar-refractivity contribution >= 4 is 34.2 Å². The molecular weight excluding hydrogens is 409 g/mol. The van der Waals surface area contributed by atoms with Gasteiger partial charge in [0.25, 0.3) is 11.6 Å². The van der Waals surface area contributed by atoms with E-state index in [0.717, 1.165) is 23.2 Å². The number of nitro benzene ring substituents is 1. The van der Waals surface area contributed by atoms with Gasteiger partial charge in [-0.2, -0.15) is 0 Å². The molecular formula is C16H22IN3O3. The maximum Gasteiger partial charge on any atom is 0.270 e. The highest BCUT2D eigenvalue weighted by Gasteiger charge is 2.17. The summed E-state index contributed by atoms with van der Waals surface area (Å²) in [6.45, 7) is 5.95. The van der Waals surface area contributed by atoms with Gasteiger partial charge in [0.15, 0.2) is 0 Å². The van der Waals surface area contributed by atoms with Crippen LogP contribution in [0.3, 0.4) is 0 Å². The maximum atomic E-state index is 12.3. The van der Waals surface area contributed by atoms with Crippen molar-refractivity contribution in [3.05, 3.63) is 37.4 Å². The first kappa shape index (κ1) is 18.1. The number of hydrogen-bond donors (Lipinski definition) is 1. The Bertz CT molecular complexity index is 574. The summed E-state index contributed by atoms with van der Waals surface area (Å²) < 4.78 is 0.717. The molecule has 23 heavy (non-hydrogen) atoms. The van der Waals surface area contributed by atoms with Crippen LogP contribution in [0.1, 0.15) is 36.5 Å². The Kier molecular flexibility index (Phi) is 6.76. The van der Waals surface area contributed by atoms with E-state index in [1.807, 2.05) is 22.6 Å². The molecule has 1 aliphatic heterocycles. The molecule has 1 aliphatic rings. The minimum atomic E-state index is -0.480. The Morgan fingerprint density at radius 1 is 1.39 bits per heavy atom. The zero-order chi connectivity index (χ0) is 16.8. The van der Waals surface area contributed by atoms with Crippen LogP contribution in [0.25, 0.3) is 0 Å². The third kappa shape index (κ3) is 5.42. The first-order chi connectivity index (χ1) is 11.0. The molecule has 0 spiro atoms. The number of rotatable bonds is 6. The van der Waals surface area contributed by atoms with Crippen LogP contribution in [0.4, 0.5) is 5.69 Å². The molecule has 1 amide bonds. The van der Waals surface area contributed by atoms with Crippen molar-refractivity contribution < 1.29 is 9.72 Å². The lowest BCUT2D eigenvalue weighted by atomic mass is 10.1. The lowest BCUT2D eigenvalue weighted by Crippen LogP contribution is -2.38. The standard InChI is InChI=1S/C16H22IN3O3/c1-12(11-19-7-3-2-4-8-19)10-18-16(21)14-9-13(20(22)23)5-6-15(14)17/h5-6,9,12H,2-4,7-8,10-11H2,1H3,(H,18,21). The number of benzene rings is 1. The number of carbonyl (C=O) groups excluding carboxylic acids is 1. The normalized spacial score (nSPS) is 16.8. The number of carbonyl (C=O) groups is 1. The number of hydrogen-bond acceptors (Lipinski definition) is 4. The average Bonchev–Trinajstić information content (AvgIpc) is 2.53. The summed E-state index contributed by atoms with van der Waals surface area (Å²) in [4.78, 5) is 25.1. The summed E-state index contributed by atoms with van der Waals surface area (Å²) in [5.74, 6) is 0.108. The molecule has 1 fully saturated rings. The Hall–Kier alpha value is -1.22. The predicted molar refractivity (Wildman–Crippen MR) is 97.6 cm³/mol. The van der Waals surface area contributed by atoms with Gasteiger partial charge in [0.2, 0.25) is 0 Å². The zero-order valence-electron chi connectivity index (χ0n) is 13.3. The van der Waals surface area contributed by atoms with E-state index in [2.05, 4.69) is 17.1 Å². The third-order valence-corrected chi connectivity index (χ3v) is 4.98. The molecule has 0 aliphatic carbocycles. The van der Waals surface area contributed by atoms with Gasteiger partial charge >= 0.3 is 0 Å². The predicted octanol–water partition coefficient (Wildman–Crippen LogP) is 3.05. The van der Waals surface area contributed by atoms with E-state index >= 15 is 0 Å². The first-order valence-electron chi connectivity index (χ1n) is 7.92. The molecule has 1 aromatic rings. The summed E-state index contributed by atoms with van der Waals surface area (Å²) in [6.07, 6.45) is 3.82. The Morgan fingerprint density at radius 3 is 2.74 bits per heavy atom. The molecule has 0 aromatic heterocycles. The highest BCUT2D eigenvalue weighted by molar-refractivity contribution is 14.1. The number of amides is 1. The van der Waals surface area contributed by atoms with E-state index in [4.69, 9.17) is 0 Å². The van der Waals surface area contributed by atoms with Crippen LogP contribution >= 0.6 is 22.6 Å². The van der Waals surface area contributed by atoms with Gasteiger partial charge in [0.05, 0.1) is 10.5 Å². The Balaban J connectivity index is 1.88. The summed E-state index contributed by atoms with van der Waals surface area (Å²) in [5, 5.41) is 13.7. The minimum Gasteiger partial charge on any atom is -0.352 e. The molecule has 0 radical (unpaired) electrons. The number of nitrogens with one attached hydrogen (secondary N) is 1. The average molecular weight is 431 g/mol. The van der Waals surface area contributed by atoms with E-state index < -0.39 is 4.92 Å². The molecule has 1 saturated heterocycles. The smallest absolute Gasteiger partial charge is 0.270 e. The van der Waals surface area contributed by atoms with Crippen molar-refractivity contribution in [1.82, 2.24) is 10.2 Å². The van der Waals surface area contributed by atoms with Crippen LogP contribution in [-0.4, -0.2) is 41.9 Å². The lowest BCUT2D eigenvalue weighted by Gasteiger charge is -2.29. The maximum absolute atomic E-state index is 12.3. The first-order valence-corrected chi connectivity index (χ1v) is 8.99. The number of piperidine rings is 1. The minimum absolute atomic E-state index is 0.0584. The van der Waals surface area contributed by atoms with Gasteiger partial charge in [-0.15, -0.1) is 0 Å². The van der Waals surface area contributed by atoms with Gasteiger partial charge in [-0.05, 0) is 60.5 Å². The van der Waals surface area contributed by atoms with Crippen molar-refractivity contribution in [3.8, 4) is 0 Å². The number of nitrogens with zero attached hydrogens (tertiary/aromatic N) is 2. The van der Waals surface area contributed by atoms with E-state index in [-0.39, 0.29) is 11.6 Å². The molecule has 6 nitrogen and oxygen atoms in total. The van der Waals surface area contributed by atoms with Crippen molar-refractivity contribution in [2.24, 2.45) is 5.92 Å². The van der Waals surface area contributed by atoms with E-state index in [1.54, 1.807) is 6.07 Å². The van der Waals surface area contributed by atoms with E-state index in [9.17, 15) is 14.9 Å². The zero-order valence-corrected chi connectivity index (χ0v) is 15.4. The van der Waals surface area contributed by atoms with Gasteiger partial charge in [-0.25, -0.2) is 0 Å². The van der Waals surface area contributed by atoms with Gasteiger partial charge < -0.3 is 10.2 Å². The Morgan fingerprint density at radius 2 is 2.09 bits per heavy atom. The molecule has 0 bridgehead atoms. The molecule has 0 saturated carbocycles. The number of non-ortho nitro benzene ring substituents is 1. The van der Waals surface area contributed by atoms with Crippen molar-refractivity contribution in [1.29, 1.82) is 0 Å². The second-order valence-corrected chi connectivity index (χ2v) is 7.26. The van der Waals surface area contributed by atoms with E-state index in [0.29, 0.717) is 18.0 Å². The van der Waals surface area contributed by atoms with Gasteiger partial charge in [0.1, 0.15) is 0 Å². The SMILES string of the molecule is CC(CNC(=O)c1cc([N+](=O)[O-])ccc1I)CN1CCCCC1. The summed E-state index contributed by atoms with van der Waals surface area (Å²) in [5.41, 5.74) is 0.307. The van der Waals surface area contributed by atoms with Crippen LogP contribution in [-0.2, 0) is 0 Å². The van der Waals surface area contributed by atoms with Crippen LogP contribution in [0.2, 0.25) is 0 Å². The summed E-state index contributed by atoms with van der Waals surface area (Å²) in [6, 6.07) is 4.36. The summed E-state index contributed by atoms with van der Waals surface area (Å²) in [7, 11) is 0. The highest BCUT2D eigenvalue weighted by Crippen LogP contribution is 2.19. The third-order valence-electron chi connectivity index (χ3n) is 4.04. The molecule has 7 heteroatoms. The number of likely N-dealkylation sites (tertiary alicyclic amines) is 1. The van der Waals surface area contributed by atoms with Crippen molar-refractivity contribution in [2.45, 2.75) is 26.2 Å². The van der Waals surface area contributed by atoms with Crippen LogP contribution in [0, 0.1) is 19.6 Å². The van der Waals surface area contributed by atoms with Gasteiger partial charge in [0, 0.05) is 28.8 Å². The molecule has 1 unspecified atom stereocenters. The van der Waals surface area contributed by atoms with Crippen molar-refractivity contribution in [2.75, 3.05) is 26.2 Å². The second kappa shape index (κ2) is 8.58. The fraction of sp³-hybridized carbons (Fsp3) is 0.562. The van der Waals surface area contributed by atoms with Crippen LogP contribution in [0.15, 0.2) is 18.2 Å². The molecule has 1 heterocycles. The quantitative estimate of drug-likeness (QED) is 0.427. The number of nitro groups is 1. The largest absolute Gasteiger partial charge is 0.352 e. The molecule has 1 atom stereocenters. The van der Waals surface area contributed by atoms with Crippen molar-refractivity contribution in [3.63, 3.8) is 0 Å². The number of halogens is 1. The summed E-state index contributed by atoms with van der Waals surface area (Å²) >= 11 is 2.03. The lowest BCUT2D eigenvalue weighted by molar-refractivity contribution is -0.384. The topological polar surface area (TPSA) is 75.5 Å². The van der Waals surface area contributed by atoms with Gasteiger partial charge in [-0.3, -0.25) is 14.9 Å². The second-order valence-electron chi connectivity index (χ2n) is 6.10. The molecule has 1 N–H and O–H groups in total.